The Bertz CT molecular complexity index is 1100. The number of amides is 3. The van der Waals surface area contributed by atoms with E-state index >= 15 is 0 Å². The van der Waals surface area contributed by atoms with Crippen LogP contribution in [0.1, 0.15) is 28.0 Å². The third-order valence-electron chi connectivity index (χ3n) is 4.09. The van der Waals surface area contributed by atoms with Crippen LogP contribution in [0.25, 0.3) is 10.6 Å². The molecule has 0 radical (unpaired) electrons. The van der Waals surface area contributed by atoms with Crippen molar-refractivity contribution in [3.63, 3.8) is 0 Å². The molecular weight excluding hydrogens is 432 g/mol. The molecule has 0 saturated carbocycles. The second-order valence-corrected chi connectivity index (χ2v) is 8.16. The summed E-state index contributed by atoms with van der Waals surface area (Å²) in [5, 5.41) is 10.7. The Kier molecular flexibility index (Phi) is 7.27. The Morgan fingerprint density at radius 3 is 2.68 bits per heavy atom. The Morgan fingerprint density at radius 1 is 1.26 bits per heavy atom. The summed E-state index contributed by atoms with van der Waals surface area (Å²) < 4.78 is 0. The van der Waals surface area contributed by atoms with Crippen molar-refractivity contribution in [3.05, 3.63) is 76.0 Å². The number of nitrogens with one attached hydrogen (secondary N) is 3. The van der Waals surface area contributed by atoms with Crippen LogP contribution < -0.4 is 21.7 Å². The van der Waals surface area contributed by atoms with E-state index < -0.39 is 0 Å². The quantitative estimate of drug-likeness (QED) is 0.534. The average molecular weight is 455 g/mol. The first-order valence-corrected chi connectivity index (χ1v) is 11.1. The molecule has 0 unspecified atom stereocenters. The Morgan fingerprint density at radius 2 is 2.00 bits per heavy atom. The van der Waals surface area contributed by atoms with Crippen molar-refractivity contribution in [3.8, 4) is 0 Å². The maximum Gasteiger partial charge on any atom is 0.320 e. The fourth-order valence-corrected chi connectivity index (χ4v) is 4.57. The molecule has 31 heavy (non-hydrogen) atoms. The largest absolute Gasteiger partial charge is 0.398 e. The summed E-state index contributed by atoms with van der Waals surface area (Å²) in [5.74, 6) is -0.0642. The van der Waals surface area contributed by atoms with Crippen molar-refractivity contribution in [2.75, 3.05) is 13.6 Å². The SMILES string of the molecule is C=C(/N=C1/SC(c2nc(C(=O)NC)cs2)=C/C1=C(/N)c1ccccc1)NC(=O)NCC. The van der Waals surface area contributed by atoms with Crippen LogP contribution in [-0.2, 0) is 0 Å². The van der Waals surface area contributed by atoms with E-state index in [-0.39, 0.29) is 17.8 Å². The molecule has 1 aliphatic heterocycles. The van der Waals surface area contributed by atoms with Crippen LogP contribution >= 0.6 is 23.1 Å². The van der Waals surface area contributed by atoms with Crippen molar-refractivity contribution >= 4 is 50.7 Å². The normalized spacial score (nSPS) is 15.9. The smallest absolute Gasteiger partial charge is 0.320 e. The highest BCUT2D eigenvalue weighted by Crippen LogP contribution is 2.42. The molecule has 1 aliphatic rings. The minimum atomic E-state index is -0.385. The predicted octanol–water partition coefficient (Wildman–Crippen LogP) is 3.15. The maximum atomic E-state index is 11.9. The zero-order chi connectivity index (χ0) is 22.4. The van der Waals surface area contributed by atoms with Crippen molar-refractivity contribution in [1.29, 1.82) is 0 Å². The number of carbonyl (C=O) groups is 2. The molecule has 3 amide bonds. The number of nitrogens with two attached hydrogens (primary N) is 1. The van der Waals surface area contributed by atoms with E-state index in [4.69, 9.17) is 5.73 Å². The van der Waals surface area contributed by atoms with E-state index in [1.807, 2.05) is 43.3 Å². The Labute approximate surface area is 188 Å². The summed E-state index contributed by atoms with van der Waals surface area (Å²) in [6, 6.07) is 9.15. The average Bonchev–Trinajstić information content (AvgIpc) is 3.41. The molecule has 2 heterocycles. The van der Waals surface area contributed by atoms with Crippen LogP contribution in [0.4, 0.5) is 4.79 Å². The highest BCUT2D eigenvalue weighted by atomic mass is 32.2. The Balaban J connectivity index is 1.98. The number of aromatic nitrogens is 1. The maximum absolute atomic E-state index is 11.9. The molecular formula is C21H22N6O2S2. The molecule has 0 aliphatic carbocycles. The van der Waals surface area contributed by atoms with E-state index in [1.54, 1.807) is 12.4 Å². The summed E-state index contributed by atoms with van der Waals surface area (Å²) in [5.41, 5.74) is 8.88. The lowest BCUT2D eigenvalue weighted by molar-refractivity contribution is 0.0959. The standard InChI is InChI=1S/C21H22N6O2S2/c1-4-24-21(29)26-12(2)25-19-14(17(22)13-8-6-5-7-9-13)10-16(31-19)20-27-15(11-30-20)18(28)23-3/h5-11H,2,4,22H2,1,3H3,(H,23,28)(H2,24,26,29)/b17-14-,25-19+. The molecule has 0 spiro atoms. The summed E-state index contributed by atoms with van der Waals surface area (Å²) in [7, 11) is 1.56. The van der Waals surface area contributed by atoms with Crippen LogP contribution in [0.5, 0.6) is 0 Å². The molecule has 10 heteroatoms. The van der Waals surface area contributed by atoms with Gasteiger partial charge >= 0.3 is 6.03 Å². The molecule has 0 atom stereocenters. The zero-order valence-corrected chi connectivity index (χ0v) is 18.7. The molecule has 8 nitrogen and oxygen atoms in total. The second kappa shape index (κ2) is 10.1. The van der Waals surface area contributed by atoms with Crippen molar-refractivity contribution < 1.29 is 9.59 Å². The van der Waals surface area contributed by atoms with Gasteiger partial charge in [0.1, 0.15) is 21.6 Å². The first-order valence-electron chi connectivity index (χ1n) is 9.38. The number of hydrogen-bond acceptors (Lipinski definition) is 7. The van der Waals surface area contributed by atoms with Gasteiger partial charge in [-0.05, 0) is 18.6 Å². The monoisotopic (exact) mass is 454 g/mol. The van der Waals surface area contributed by atoms with Gasteiger partial charge in [0.25, 0.3) is 5.91 Å². The molecule has 1 aromatic heterocycles. The number of allylic oxidation sites excluding steroid dienone is 1. The van der Waals surface area contributed by atoms with Gasteiger partial charge in [0.2, 0.25) is 0 Å². The summed E-state index contributed by atoms with van der Waals surface area (Å²) >= 11 is 2.71. The third kappa shape index (κ3) is 5.41. The number of aliphatic imine (C=N–C) groups is 1. The number of rotatable bonds is 6. The molecule has 1 aromatic carbocycles. The van der Waals surface area contributed by atoms with Crippen LogP contribution in [0.3, 0.4) is 0 Å². The molecule has 2 aromatic rings. The number of thioether (sulfide) groups is 1. The third-order valence-corrected chi connectivity index (χ3v) is 6.13. The van der Waals surface area contributed by atoms with Crippen LogP contribution in [-0.4, -0.2) is 35.6 Å². The lowest BCUT2D eigenvalue weighted by atomic mass is 10.1. The van der Waals surface area contributed by atoms with Gasteiger partial charge in [-0.3, -0.25) is 10.1 Å². The predicted molar refractivity (Wildman–Crippen MR) is 127 cm³/mol. The van der Waals surface area contributed by atoms with Gasteiger partial charge in [-0.2, -0.15) is 0 Å². The molecule has 160 valence electrons. The van der Waals surface area contributed by atoms with E-state index in [0.29, 0.717) is 33.6 Å². The van der Waals surface area contributed by atoms with E-state index in [2.05, 4.69) is 32.5 Å². The second-order valence-electron chi connectivity index (χ2n) is 6.27. The molecule has 3 rings (SSSR count). The van der Waals surface area contributed by atoms with Gasteiger partial charge in [0.15, 0.2) is 0 Å². The van der Waals surface area contributed by atoms with Crippen molar-refractivity contribution in [2.45, 2.75) is 6.92 Å². The first-order chi connectivity index (χ1) is 14.9. The lowest BCUT2D eigenvalue weighted by Gasteiger charge is -2.08. The summed E-state index contributed by atoms with van der Waals surface area (Å²) in [4.78, 5) is 33.3. The number of carbonyl (C=O) groups excluding carboxylic acids is 2. The van der Waals surface area contributed by atoms with Gasteiger partial charge < -0.3 is 16.4 Å². The van der Waals surface area contributed by atoms with Gasteiger partial charge in [-0.1, -0.05) is 48.7 Å². The fourth-order valence-electron chi connectivity index (χ4n) is 2.64. The number of benzene rings is 1. The highest BCUT2D eigenvalue weighted by molar-refractivity contribution is 8.22. The molecule has 5 N–H and O–H groups in total. The van der Waals surface area contributed by atoms with Crippen molar-refractivity contribution in [1.82, 2.24) is 20.9 Å². The Hall–Kier alpha value is -3.37. The number of nitrogens with zero attached hydrogens (tertiary/aromatic N) is 2. The summed E-state index contributed by atoms with van der Waals surface area (Å²) in [6.45, 7) is 6.12. The van der Waals surface area contributed by atoms with Crippen molar-refractivity contribution in [2.24, 2.45) is 10.7 Å². The van der Waals surface area contributed by atoms with Gasteiger partial charge in [-0.25, -0.2) is 14.8 Å². The first kappa shape index (κ1) is 22.3. The number of thiazole rings is 1. The van der Waals surface area contributed by atoms with Gasteiger partial charge in [-0.15, -0.1) is 11.3 Å². The van der Waals surface area contributed by atoms with E-state index in [0.717, 1.165) is 10.5 Å². The minimum absolute atomic E-state index is 0.187. The molecule has 0 bridgehead atoms. The summed E-state index contributed by atoms with van der Waals surface area (Å²) in [6.07, 6.45) is 1.89. The zero-order valence-electron chi connectivity index (χ0n) is 17.1. The van der Waals surface area contributed by atoms with E-state index in [1.165, 1.54) is 23.1 Å². The van der Waals surface area contributed by atoms with Gasteiger partial charge in [0.05, 0.1) is 4.91 Å². The van der Waals surface area contributed by atoms with Crippen LogP contribution in [0.2, 0.25) is 0 Å². The number of urea groups is 1. The minimum Gasteiger partial charge on any atom is -0.398 e. The molecule has 0 saturated heterocycles. The lowest BCUT2D eigenvalue weighted by Crippen LogP contribution is -2.34. The fraction of sp³-hybridized carbons (Fsp3) is 0.143. The topological polar surface area (TPSA) is 122 Å². The highest BCUT2D eigenvalue weighted by Gasteiger charge is 2.25. The van der Waals surface area contributed by atoms with Crippen LogP contribution in [0, 0.1) is 0 Å². The van der Waals surface area contributed by atoms with E-state index in [9.17, 15) is 9.59 Å². The van der Waals surface area contributed by atoms with Crippen LogP contribution in [0.15, 0.2) is 64.8 Å². The molecule has 0 fully saturated rings. The van der Waals surface area contributed by atoms with Gasteiger partial charge in [0, 0.05) is 30.2 Å². The number of hydrogen-bond donors (Lipinski definition) is 4.